The van der Waals surface area contributed by atoms with Gasteiger partial charge in [-0.1, -0.05) is 73.0 Å². The molecule has 1 aromatic carbocycles. The molecule has 0 aliphatic rings. The maximum Gasteiger partial charge on any atom is 0.0791 e. The third kappa shape index (κ3) is 6.21. The van der Waals surface area contributed by atoms with Crippen LogP contribution in [-0.4, -0.2) is 5.11 Å². The summed E-state index contributed by atoms with van der Waals surface area (Å²) in [6.07, 6.45) is 7.90. The van der Waals surface area contributed by atoms with E-state index in [9.17, 15) is 5.11 Å². The minimum Gasteiger partial charge on any atom is -0.388 e. The van der Waals surface area contributed by atoms with Gasteiger partial charge < -0.3 is 5.11 Å². The number of hydrogen-bond acceptors (Lipinski definition) is 1. The lowest BCUT2D eigenvalue weighted by atomic mass is 10.0. The first kappa shape index (κ1) is 16.0. The van der Waals surface area contributed by atoms with Gasteiger partial charge in [0.15, 0.2) is 0 Å². The average Bonchev–Trinajstić information content (AvgIpc) is 2.32. The number of hydrogen-bond donors (Lipinski definition) is 1. The van der Waals surface area contributed by atoms with E-state index in [0.29, 0.717) is 5.02 Å². The summed E-state index contributed by atoms with van der Waals surface area (Å²) in [5, 5.41) is 10.8. The lowest BCUT2D eigenvalue weighted by Crippen LogP contribution is -1.97. The van der Waals surface area contributed by atoms with Crippen LogP contribution in [0, 0.1) is 0 Å². The second kappa shape index (κ2) is 8.95. The number of halogens is 2. The largest absolute Gasteiger partial charge is 0.388 e. The minimum atomic E-state index is -0.397. The van der Waals surface area contributed by atoms with Crippen molar-refractivity contribution in [2.24, 2.45) is 0 Å². The fourth-order valence-corrected chi connectivity index (χ4v) is 2.94. The standard InChI is InChI=1S/C15H22BrClO/c1-2-3-4-5-6-7-8-15(18)12-9-13(16)11-14(17)10-12/h9-11,15,18H,2-8H2,1H3. The van der Waals surface area contributed by atoms with E-state index in [1.54, 1.807) is 0 Å². The molecule has 3 heteroatoms. The van der Waals surface area contributed by atoms with E-state index < -0.39 is 6.10 Å². The van der Waals surface area contributed by atoms with Gasteiger partial charge in [0.2, 0.25) is 0 Å². The zero-order valence-electron chi connectivity index (χ0n) is 11.0. The number of aliphatic hydroxyl groups is 1. The molecule has 1 rings (SSSR count). The second-order valence-electron chi connectivity index (χ2n) is 4.78. The van der Waals surface area contributed by atoms with Crippen molar-refractivity contribution in [3.63, 3.8) is 0 Å². The van der Waals surface area contributed by atoms with Gasteiger partial charge in [-0.15, -0.1) is 0 Å². The molecule has 1 aromatic rings. The van der Waals surface area contributed by atoms with E-state index in [1.807, 2.05) is 18.2 Å². The molecule has 0 aliphatic heterocycles. The number of aliphatic hydroxyl groups excluding tert-OH is 1. The molecule has 0 heterocycles. The Labute approximate surface area is 124 Å². The topological polar surface area (TPSA) is 20.2 Å². The van der Waals surface area contributed by atoms with E-state index in [4.69, 9.17) is 11.6 Å². The molecule has 0 aromatic heterocycles. The maximum absolute atomic E-state index is 10.1. The zero-order chi connectivity index (χ0) is 13.4. The van der Waals surface area contributed by atoms with E-state index in [-0.39, 0.29) is 0 Å². The first-order valence-electron chi connectivity index (χ1n) is 6.77. The van der Waals surface area contributed by atoms with Gasteiger partial charge in [0.05, 0.1) is 6.10 Å². The van der Waals surface area contributed by atoms with Crippen molar-refractivity contribution in [3.05, 3.63) is 33.3 Å². The van der Waals surface area contributed by atoms with Crippen molar-refractivity contribution in [3.8, 4) is 0 Å². The van der Waals surface area contributed by atoms with Crippen LogP contribution in [-0.2, 0) is 0 Å². The van der Waals surface area contributed by atoms with E-state index in [1.165, 1.54) is 32.1 Å². The molecule has 1 N–H and O–H groups in total. The third-order valence-electron chi connectivity index (χ3n) is 3.10. The van der Waals surface area contributed by atoms with Gasteiger partial charge in [-0.3, -0.25) is 0 Å². The maximum atomic E-state index is 10.1. The average molecular weight is 334 g/mol. The van der Waals surface area contributed by atoms with Crippen LogP contribution < -0.4 is 0 Å². The number of rotatable bonds is 8. The predicted octanol–water partition coefficient (Wildman–Crippen LogP) is 5.89. The Kier molecular flexibility index (Phi) is 7.96. The molecular formula is C15H22BrClO. The van der Waals surface area contributed by atoms with Crippen molar-refractivity contribution < 1.29 is 5.11 Å². The quantitative estimate of drug-likeness (QED) is 0.588. The van der Waals surface area contributed by atoms with Crippen LogP contribution >= 0.6 is 27.5 Å². The van der Waals surface area contributed by atoms with Crippen LogP contribution in [0.5, 0.6) is 0 Å². The Balaban J connectivity index is 2.29. The fourth-order valence-electron chi connectivity index (χ4n) is 2.05. The van der Waals surface area contributed by atoms with Gasteiger partial charge in [-0.2, -0.15) is 0 Å². The summed E-state index contributed by atoms with van der Waals surface area (Å²) in [7, 11) is 0. The van der Waals surface area contributed by atoms with Crippen LogP contribution in [0.3, 0.4) is 0 Å². The minimum absolute atomic E-state index is 0.397. The lowest BCUT2D eigenvalue weighted by Gasteiger charge is -2.11. The highest BCUT2D eigenvalue weighted by Crippen LogP contribution is 2.26. The van der Waals surface area contributed by atoms with Crippen LogP contribution in [0.4, 0.5) is 0 Å². The first-order chi connectivity index (χ1) is 8.63. The van der Waals surface area contributed by atoms with E-state index in [0.717, 1.165) is 22.9 Å². The molecule has 0 aliphatic carbocycles. The summed E-state index contributed by atoms with van der Waals surface area (Å²) < 4.78 is 0.923. The molecule has 1 unspecified atom stereocenters. The fraction of sp³-hybridized carbons (Fsp3) is 0.600. The molecule has 0 saturated heterocycles. The van der Waals surface area contributed by atoms with Gasteiger partial charge in [-0.05, 0) is 30.2 Å². The van der Waals surface area contributed by atoms with Crippen molar-refractivity contribution in [1.82, 2.24) is 0 Å². The Morgan fingerprint density at radius 1 is 1.11 bits per heavy atom. The summed E-state index contributed by atoms with van der Waals surface area (Å²) in [5.41, 5.74) is 0.905. The van der Waals surface area contributed by atoms with E-state index >= 15 is 0 Å². The van der Waals surface area contributed by atoms with Crippen LogP contribution in [0.15, 0.2) is 22.7 Å². The molecule has 0 amide bonds. The number of benzene rings is 1. The molecule has 0 radical (unpaired) electrons. The highest BCUT2D eigenvalue weighted by atomic mass is 79.9. The molecule has 18 heavy (non-hydrogen) atoms. The molecule has 0 saturated carbocycles. The lowest BCUT2D eigenvalue weighted by molar-refractivity contribution is 0.163. The van der Waals surface area contributed by atoms with E-state index in [2.05, 4.69) is 22.9 Å². The van der Waals surface area contributed by atoms with Gasteiger partial charge >= 0.3 is 0 Å². The van der Waals surface area contributed by atoms with Gasteiger partial charge in [-0.25, -0.2) is 0 Å². The van der Waals surface area contributed by atoms with Crippen molar-refractivity contribution >= 4 is 27.5 Å². The van der Waals surface area contributed by atoms with Gasteiger partial charge in [0, 0.05) is 9.50 Å². The monoisotopic (exact) mass is 332 g/mol. The normalized spacial score (nSPS) is 12.7. The Morgan fingerprint density at radius 3 is 2.44 bits per heavy atom. The van der Waals surface area contributed by atoms with Gasteiger partial charge in [0.1, 0.15) is 0 Å². The van der Waals surface area contributed by atoms with Crippen molar-refractivity contribution in [2.75, 3.05) is 0 Å². The molecule has 1 nitrogen and oxygen atoms in total. The zero-order valence-corrected chi connectivity index (χ0v) is 13.3. The highest BCUT2D eigenvalue weighted by molar-refractivity contribution is 9.10. The molecular weight excluding hydrogens is 312 g/mol. The SMILES string of the molecule is CCCCCCCCC(O)c1cc(Cl)cc(Br)c1. The molecule has 0 bridgehead atoms. The Morgan fingerprint density at radius 2 is 1.78 bits per heavy atom. The van der Waals surface area contributed by atoms with Crippen molar-refractivity contribution in [1.29, 1.82) is 0 Å². The summed E-state index contributed by atoms with van der Waals surface area (Å²) in [4.78, 5) is 0. The van der Waals surface area contributed by atoms with Crippen molar-refractivity contribution in [2.45, 2.75) is 58.0 Å². The molecule has 0 fully saturated rings. The van der Waals surface area contributed by atoms with Crippen LogP contribution in [0.1, 0.15) is 63.5 Å². The summed E-state index contributed by atoms with van der Waals surface area (Å²) >= 11 is 9.37. The summed E-state index contributed by atoms with van der Waals surface area (Å²) in [6, 6.07) is 5.62. The molecule has 1 atom stereocenters. The Hall–Kier alpha value is -0.0500. The van der Waals surface area contributed by atoms with Crippen LogP contribution in [0.25, 0.3) is 0 Å². The smallest absolute Gasteiger partial charge is 0.0791 e. The third-order valence-corrected chi connectivity index (χ3v) is 3.78. The highest BCUT2D eigenvalue weighted by Gasteiger charge is 2.08. The summed E-state index contributed by atoms with van der Waals surface area (Å²) in [6.45, 7) is 2.22. The summed E-state index contributed by atoms with van der Waals surface area (Å²) in [5.74, 6) is 0. The molecule has 0 spiro atoms. The first-order valence-corrected chi connectivity index (χ1v) is 7.94. The Bertz CT molecular complexity index is 334. The molecule has 102 valence electrons. The predicted molar refractivity (Wildman–Crippen MR) is 82.1 cm³/mol. The van der Waals surface area contributed by atoms with Gasteiger partial charge in [0.25, 0.3) is 0 Å². The second-order valence-corrected chi connectivity index (χ2v) is 6.13. The van der Waals surface area contributed by atoms with Crippen LogP contribution in [0.2, 0.25) is 5.02 Å². The number of unbranched alkanes of at least 4 members (excludes halogenated alkanes) is 5.